The number of sulfonamides is 1. The number of nitrogens with zero attached hydrogens (tertiary/aromatic N) is 1. The lowest BCUT2D eigenvalue weighted by atomic mass is 9.82. The first-order valence-corrected chi connectivity index (χ1v) is 13.9. The second-order valence-corrected chi connectivity index (χ2v) is 12.3. The minimum Gasteiger partial charge on any atom is -0.496 e. The molecule has 8 nitrogen and oxygen atoms in total. The summed E-state index contributed by atoms with van der Waals surface area (Å²) in [6.07, 6.45) is 2.10. The summed E-state index contributed by atoms with van der Waals surface area (Å²) in [5.41, 5.74) is 3.02. The zero-order chi connectivity index (χ0) is 26.3. The van der Waals surface area contributed by atoms with Crippen molar-refractivity contribution in [1.82, 2.24) is 9.71 Å². The molecule has 0 aliphatic carbocycles. The Hall–Kier alpha value is -3.04. The fraction of sp³-hybridized carbons (Fsp3) is 0.444. The van der Waals surface area contributed by atoms with Gasteiger partial charge in [-0.1, -0.05) is 26.8 Å². The fourth-order valence-electron chi connectivity index (χ4n) is 4.87. The molecule has 194 valence electrons. The SMILES string of the molecule is COc1ccc(-c2cc(C(C)(C)C)c(OC)c3cc(N4CC[C@H](CNS(C)(=O)=O)C4)ccc23)c(=O)[nH]1. The first-order valence-electron chi connectivity index (χ1n) is 12.0. The van der Waals surface area contributed by atoms with Crippen LogP contribution in [0.1, 0.15) is 32.8 Å². The summed E-state index contributed by atoms with van der Waals surface area (Å²) in [5.74, 6) is 1.45. The Bertz CT molecular complexity index is 1440. The minimum atomic E-state index is -3.21. The van der Waals surface area contributed by atoms with E-state index in [-0.39, 0.29) is 16.9 Å². The number of fused-ring (bicyclic) bond motifs is 1. The Kier molecular flexibility index (Phi) is 7.07. The van der Waals surface area contributed by atoms with Crippen molar-refractivity contribution in [2.24, 2.45) is 5.92 Å². The number of nitrogens with one attached hydrogen (secondary N) is 2. The largest absolute Gasteiger partial charge is 0.496 e. The molecular weight excluding hydrogens is 478 g/mol. The monoisotopic (exact) mass is 513 g/mol. The van der Waals surface area contributed by atoms with Crippen LogP contribution in [0.25, 0.3) is 21.9 Å². The molecule has 1 saturated heterocycles. The van der Waals surface area contributed by atoms with Crippen LogP contribution in [0, 0.1) is 5.92 Å². The second-order valence-electron chi connectivity index (χ2n) is 10.5. The lowest BCUT2D eigenvalue weighted by Gasteiger charge is -2.26. The van der Waals surface area contributed by atoms with E-state index in [2.05, 4.69) is 53.6 Å². The maximum absolute atomic E-state index is 13.0. The van der Waals surface area contributed by atoms with Crippen LogP contribution in [-0.4, -0.2) is 53.5 Å². The smallest absolute Gasteiger partial charge is 0.258 e. The van der Waals surface area contributed by atoms with Crippen LogP contribution in [0.5, 0.6) is 11.6 Å². The fourth-order valence-corrected chi connectivity index (χ4v) is 5.41. The van der Waals surface area contributed by atoms with E-state index >= 15 is 0 Å². The van der Waals surface area contributed by atoms with E-state index in [9.17, 15) is 13.2 Å². The minimum absolute atomic E-state index is 0.217. The highest BCUT2D eigenvalue weighted by molar-refractivity contribution is 7.88. The van der Waals surface area contributed by atoms with E-state index in [1.165, 1.54) is 13.4 Å². The number of rotatable bonds is 7. The van der Waals surface area contributed by atoms with Gasteiger partial charge >= 0.3 is 0 Å². The van der Waals surface area contributed by atoms with Gasteiger partial charge in [0.15, 0.2) is 5.88 Å². The molecule has 1 fully saturated rings. The normalized spacial score (nSPS) is 16.5. The molecular formula is C27H35N3O5S. The number of hydrogen-bond acceptors (Lipinski definition) is 6. The lowest BCUT2D eigenvalue weighted by Crippen LogP contribution is -2.30. The van der Waals surface area contributed by atoms with E-state index in [4.69, 9.17) is 9.47 Å². The van der Waals surface area contributed by atoms with Gasteiger partial charge in [0, 0.05) is 41.8 Å². The summed E-state index contributed by atoms with van der Waals surface area (Å²) < 4.78 is 36.8. The molecule has 9 heteroatoms. The van der Waals surface area contributed by atoms with Crippen LogP contribution >= 0.6 is 0 Å². The van der Waals surface area contributed by atoms with Crippen molar-refractivity contribution in [3.8, 4) is 22.8 Å². The van der Waals surface area contributed by atoms with Crippen molar-refractivity contribution in [3.05, 3.63) is 52.3 Å². The van der Waals surface area contributed by atoms with Gasteiger partial charge in [0.2, 0.25) is 10.0 Å². The van der Waals surface area contributed by atoms with Gasteiger partial charge in [-0.15, -0.1) is 0 Å². The zero-order valence-electron chi connectivity index (χ0n) is 21.8. The van der Waals surface area contributed by atoms with Gasteiger partial charge in [0.1, 0.15) is 5.75 Å². The van der Waals surface area contributed by atoms with Crippen molar-refractivity contribution < 1.29 is 17.9 Å². The van der Waals surface area contributed by atoms with Crippen LogP contribution < -0.4 is 24.7 Å². The highest BCUT2D eigenvalue weighted by Gasteiger charge is 2.27. The van der Waals surface area contributed by atoms with Crippen LogP contribution in [-0.2, 0) is 15.4 Å². The van der Waals surface area contributed by atoms with Crippen molar-refractivity contribution in [2.45, 2.75) is 32.6 Å². The van der Waals surface area contributed by atoms with Crippen LogP contribution in [0.4, 0.5) is 5.69 Å². The van der Waals surface area contributed by atoms with Gasteiger partial charge in [-0.3, -0.25) is 9.78 Å². The number of benzene rings is 2. The number of aromatic nitrogens is 1. The Morgan fingerprint density at radius 3 is 2.42 bits per heavy atom. The van der Waals surface area contributed by atoms with E-state index in [0.717, 1.165) is 52.8 Å². The highest BCUT2D eigenvalue weighted by Crippen LogP contribution is 2.43. The van der Waals surface area contributed by atoms with E-state index in [1.807, 2.05) is 6.07 Å². The van der Waals surface area contributed by atoms with Gasteiger partial charge in [-0.05, 0) is 59.0 Å². The van der Waals surface area contributed by atoms with Gasteiger partial charge in [-0.25, -0.2) is 13.1 Å². The molecule has 0 unspecified atom stereocenters. The van der Waals surface area contributed by atoms with E-state index < -0.39 is 10.0 Å². The second kappa shape index (κ2) is 9.78. The standard InChI is InChI=1S/C27H35N3O5S/c1-27(2,3)23-14-21(20-9-10-24(34-4)29-26(20)31)19-8-7-18(13-22(19)25(23)35-5)30-12-11-17(16-30)15-28-36(6,32)33/h7-10,13-14,17,28H,11-12,15-16H2,1-6H3,(H,29,31)/t17-/m1/s1. The van der Waals surface area contributed by atoms with Gasteiger partial charge in [0.25, 0.3) is 5.56 Å². The molecule has 1 atom stereocenters. The first-order chi connectivity index (χ1) is 16.9. The van der Waals surface area contributed by atoms with Gasteiger partial charge < -0.3 is 14.4 Å². The molecule has 0 bridgehead atoms. The topological polar surface area (TPSA) is 101 Å². The third kappa shape index (κ3) is 5.37. The third-order valence-electron chi connectivity index (χ3n) is 6.76. The Balaban J connectivity index is 1.83. The Labute approximate surface area is 212 Å². The maximum Gasteiger partial charge on any atom is 0.258 e. The van der Waals surface area contributed by atoms with Crippen LogP contribution in [0.2, 0.25) is 0 Å². The van der Waals surface area contributed by atoms with Gasteiger partial charge in [0.05, 0.1) is 20.5 Å². The number of pyridine rings is 1. The van der Waals surface area contributed by atoms with Crippen LogP contribution in [0.15, 0.2) is 41.2 Å². The van der Waals surface area contributed by atoms with Crippen molar-refractivity contribution in [1.29, 1.82) is 0 Å². The number of methoxy groups -OCH3 is 2. The molecule has 0 spiro atoms. The molecule has 0 radical (unpaired) electrons. The van der Waals surface area contributed by atoms with Crippen LogP contribution in [0.3, 0.4) is 0 Å². The molecule has 1 aromatic heterocycles. The molecule has 0 amide bonds. The summed E-state index contributed by atoms with van der Waals surface area (Å²) in [6.45, 7) is 8.42. The number of aromatic amines is 1. The maximum atomic E-state index is 13.0. The predicted molar refractivity (Wildman–Crippen MR) is 145 cm³/mol. The van der Waals surface area contributed by atoms with E-state index in [0.29, 0.717) is 18.0 Å². The quantitative estimate of drug-likeness (QED) is 0.497. The zero-order valence-corrected chi connectivity index (χ0v) is 22.6. The number of ether oxygens (including phenoxy) is 2. The molecule has 1 aliphatic rings. The Morgan fingerprint density at radius 2 is 1.81 bits per heavy atom. The summed E-state index contributed by atoms with van der Waals surface area (Å²) in [6, 6.07) is 11.8. The number of anilines is 1. The van der Waals surface area contributed by atoms with Crippen molar-refractivity contribution >= 4 is 26.5 Å². The van der Waals surface area contributed by atoms with Crippen molar-refractivity contribution in [2.75, 3.05) is 45.0 Å². The number of hydrogen-bond donors (Lipinski definition) is 2. The third-order valence-corrected chi connectivity index (χ3v) is 7.45. The summed E-state index contributed by atoms with van der Waals surface area (Å²) in [4.78, 5) is 18.0. The molecule has 2 heterocycles. The Morgan fingerprint density at radius 1 is 1.06 bits per heavy atom. The van der Waals surface area contributed by atoms with Crippen molar-refractivity contribution in [3.63, 3.8) is 0 Å². The summed E-state index contributed by atoms with van der Waals surface area (Å²) in [5, 5.41) is 1.86. The summed E-state index contributed by atoms with van der Waals surface area (Å²) in [7, 11) is -0.00969. The average Bonchev–Trinajstić information content (AvgIpc) is 3.29. The molecule has 36 heavy (non-hydrogen) atoms. The van der Waals surface area contributed by atoms with E-state index in [1.54, 1.807) is 19.2 Å². The molecule has 2 N–H and O–H groups in total. The molecule has 3 aromatic rings. The molecule has 2 aromatic carbocycles. The predicted octanol–water partition coefficient (Wildman–Crippen LogP) is 3.89. The molecule has 1 aliphatic heterocycles. The first kappa shape index (κ1) is 26.0. The average molecular weight is 514 g/mol. The highest BCUT2D eigenvalue weighted by atomic mass is 32.2. The molecule has 0 saturated carbocycles. The molecule has 4 rings (SSSR count). The van der Waals surface area contributed by atoms with Gasteiger partial charge in [-0.2, -0.15) is 0 Å². The lowest BCUT2D eigenvalue weighted by molar-refractivity contribution is 0.397. The summed E-state index contributed by atoms with van der Waals surface area (Å²) >= 11 is 0. The number of H-pyrrole nitrogens is 1.